The molecule has 0 amide bonds. The summed E-state index contributed by atoms with van der Waals surface area (Å²) in [7, 11) is 0. The van der Waals surface area contributed by atoms with E-state index in [9.17, 15) is 0 Å². The Morgan fingerprint density at radius 1 is 1.50 bits per heavy atom. The number of pyridine rings is 1. The lowest BCUT2D eigenvalue weighted by Gasteiger charge is -2.02. The molecule has 0 aliphatic rings. The van der Waals surface area contributed by atoms with Crippen LogP contribution in [0.2, 0.25) is 0 Å². The average Bonchev–Trinajstić information content (AvgIpc) is 2.05. The van der Waals surface area contributed by atoms with Gasteiger partial charge in [0, 0.05) is 17.5 Å². The van der Waals surface area contributed by atoms with Crippen molar-refractivity contribution in [1.82, 2.24) is 4.98 Å². The number of rotatable bonds is 2. The van der Waals surface area contributed by atoms with E-state index in [1.54, 1.807) is 6.20 Å². The molecule has 0 aliphatic carbocycles. The van der Waals surface area contributed by atoms with Gasteiger partial charge in [-0.05, 0) is 24.5 Å². The van der Waals surface area contributed by atoms with Crippen LogP contribution < -0.4 is 0 Å². The van der Waals surface area contributed by atoms with Crippen molar-refractivity contribution in [3.05, 3.63) is 29.6 Å². The van der Waals surface area contributed by atoms with E-state index in [1.165, 1.54) is 0 Å². The van der Waals surface area contributed by atoms with E-state index >= 15 is 0 Å². The third kappa shape index (κ3) is 2.39. The van der Waals surface area contributed by atoms with Crippen LogP contribution in [0.25, 0.3) is 0 Å². The van der Waals surface area contributed by atoms with Crippen LogP contribution in [0.1, 0.15) is 25.1 Å². The molecule has 1 rings (SSSR count). The molecule has 0 unspecified atom stereocenters. The van der Waals surface area contributed by atoms with Gasteiger partial charge in [0.15, 0.2) is 0 Å². The summed E-state index contributed by atoms with van der Waals surface area (Å²) >= 11 is 0. The van der Waals surface area contributed by atoms with Crippen molar-refractivity contribution in [3.63, 3.8) is 0 Å². The van der Waals surface area contributed by atoms with Crippen LogP contribution in [0.4, 0.5) is 0 Å². The normalized spacial score (nSPS) is 9.83. The molecule has 62 valence electrons. The number of nitrogens with zero attached hydrogens (tertiary/aromatic N) is 1. The third-order valence-electron chi connectivity index (χ3n) is 1.61. The van der Waals surface area contributed by atoms with E-state index in [0.717, 1.165) is 17.7 Å². The van der Waals surface area contributed by atoms with Crippen molar-refractivity contribution in [2.24, 2.45) is 5.92 Å². The van der Waals surface area contributed by atoms with E-state index in [0.29, 0.717) is 5.92 Å². The molecule has 0 fully saturated rings. The zero-order valence-corrected chi connectivity index (χ0v) is 7.54. The van der Waals surface area contributed by atoms with Gasteiger partial charge >= 0.3 is 0 Å². The molecule has 0 saturated heterocycles. The molecule has 1 aromatic rings. The second kappa shape index (κ2) is 3.92. The summed E-state index contributed by atoms with van der Waals surface area (Å²) in [4.78, 5) is 4.25. The zero-order valence-electron chi connectivity index (χ0n) is 7.54. The summed E-state index contributed by atoms with van der Waals surface area (Å²) < 4.78 is 0. The van der Waals surface area contributed by atoms with Crippen molar-refractivity contribution in [2.75, 3.05) is 0 Å². The Labute approximate surface area is 73.8 Å². The fourth-order valence-corrected chi connectivity index (χ4v) is 1.05. The standard InChI is InChI=1S/C11H13N/c1-4-10-5-6-11(12-8-10)7-9(2)3/h1,5-6,8-9H,7H2,2-3H3. The van der Waals surface area contributed by atoms with E-state index in [-0.39, 0.29) is 0 Å². The Balaban J connectivity index is 2.73. The molecule has 1 nitrogen and oxygen atoms in total. The van der Waals surface area contributed by atoms with Gasteiger partial charge in [-0.2, -0.15) is 0 Å². The lowest BCUT2D eigenvalue weighted by atomic mass is 10.1. The fraction of sp³-hybridized carbons (Fsp3) is 0.364. The SMILES string of the molecule is C#Cc1ccc(CC(C)C)nc1. The van der Waals surface area contributed by atoms with Crippen molar-refractivity contribution in [2.45, 2.75) is 20.3 Å². The number of aromatic nitrogens is 1. The van der Waals surface area contributed by atoms with Gasteiger partial charge < -0.3 is 0 Å². The van der Waals surface area contributed by atoms with Gasteiger partial charge in [-0.15, -0.1) is 6.42 Å². The summed E-state index contributed by atoms with van der Waals surface area (Å²) in [5.41, 5.74) is 1.96. The molecule has 0 spiro atoms. The van der Waals surface area contributed by atoms with Gasteiger partial charge in [-0.3, -0.25) is 4.98 Å². The minimum atomic E-state index is 0.647. The van der Waals surface area contributed by atoms with E-state index < -0.39 is 0 Å². The Morgan fingerprint density at radius 2 is 2.25 bits per heavy atom. The molecule has 0 aliphatic heterocycles. The second-order valence-corrected chi connectivity index (χ2v) is 3.28. The van der Waals surface area contributed by atoms with E-state index in [1.807, 2.05) is 12.1 Å². The first kappa shape index (κ1) is 8.80. The minimum Gasteiger partial charge on any atom is -0.260 e. The number of hydrogen-bond donors (Lipinski definition) is 0. The smallest absolute Gasteiger partial charge is 0.0427 e. The van der Waals surface area contributed by atoms with Crippen molar-refractivity contribution < 1.29 is 0 Å². The monoisotopic (exact) mass is 159 g/mol. The maximum absolute atomic E-state index is 5.21. The first-order chi connectivity index (χ1) is 5.72. The van der Waals surface area contributed by atoms with E-state index in [2.05, 4.69) is 24.8 Å². The number of hydrogen-bond acceptors (Lipinski definition) is 1. The molecular weight excluding hydrogens is 146 g/mol. The molecular formula is C11H13N. The van der Waals surface area contributed by atoms with Crippen LogP contribution in [0.3, 0.4) is 0 Å². The average molecular weight is 159 g/mol. The molecule has 0 saturated carbocycles. The van der Waals surface area contributed by atoms with Gasteiger partial charge in [0.05, 0.1) is 0 Å². The Kier molecular flexibility index (Phi) is 2.88. The van der Waals surface area contributed by atoms with E-state index in [4.69, 9.17) is 6.42 Å². The molecule has 0 aromatic carbocycles. The molecule has 1 heterocycles. The van der Waals surface area contributed by atoms with Gasteiger partial charge in [-0.25, -0.2) is 0 Å². The number of terminal acetylenes is 1. The van der Waals surface area contributed by atoms with Crippen LogP contribution in [0.15, 0.2) is 18.3 Å². The van der Waals surface area contributed by atoms with Crippen molar-refractivity contribution in [1.29, 1.82) is 0 Å². The van der Waals surface area contributed by atoms with Gasteiger partial charge in [-0.1, -0.05) is 19.8 Å². The highest BCUT2D eigenvalue weighted by Crippen LogP contribution is 2.05. The highest BCUT2D eigenvalue weighted by molar-refractivity contribution is 5.29. The molecule has 0 radical (unpaired) electrons. The largest absolute Gasteiger partial charge is 0.260 e. The summed E-state index contributed by atoms with van der Waals surface area (Å²) in [6.45, 7) is 4.35. The highest BCUT2D eigenvalue weighted by atomic mass is 14.7. The first-order valence-corrected chi connectivity index (χ1v) is 4.14. The van der Waals surface area contributed by atoms with Gasteiger partial charge in [0.1, 0.15) is 0 Å². The lowest BCUT2D eigenvalue weighted by molar-refractivity contribution is 0.635. The minimum absolute atomic E-state index is 0.647. The lowest BCUT2D eigenvalue weighted by Crippen LogP contribution is -1.96. The van der Waals surface area contributed by atoms with Gasteiger partial charge in [0.2, 0.25) is 0 Å². The summed E-state index contributed by atoms with van der Waals surface area (Å²) in [6.07, 6.45) is 7.98. The van der Waals surface area contributed by atoms with Gasteiger partial charge in [0.25, 0.3) is 0 Å². The van der Waals surface area contributed by atoms with Crippen LogP contribution in [-0.2, 0) is 6.42 Å². The summed E-state index contributed by atoms with van der Waals surface area (Å²) in [5.74, 6) is 3.19. The maximum Gasteiger partial charge on any atom is 0.0427 e. The Bertz CT molecular complexity index is 277. The Hall–Kier alpha value is -1.29. The Morgan fingerprint density at radius 3 is 2.67 bits per heavy atom. The quantitative estimate of drug-likeness (QED) is 0.603. The molecule has 1 heteroatoms. The van der Waals surface area contributed by atoms with Crippen LogP contribution in [0, 0.1) is 18.3 Å². The van der Waals surface area contributed by atoms with Crippen molar-refractivity contribution in [3.8, 4) is 12.3 Å². The van der Waals surface area contributed by atoms with Crippen LogP contribution in [0.5, 0.6) is 0 Å². The molecule has 12 heavy (non-hydrogen) atoms. The molecule has 0 N–H and O–H groups in total. The molecule has 0 bridgehead atoms. The van der Waals surface area contributed by atoms with Crippen molar-refractivity contribution >= 4 is 0 Å². The highest BCUT2D eigenvalue weighted by Gasteiger charge is 1.97. The van der Waals surface area contributed by atoms with Crippen LogP contribution in [-0.4, -0.2) is 4.98 Å². The van der Waals surface area contributed by atoms with Crippen LogP contribution >= 0.6 is 0 Å². The summed E-state index contributed by atoms with van der Waals surface area (Å²) in [6, 6.07) is 3.93. The topological polar surface area (TPSA) is 12.9 Å². The maximum atomic E-state index is 5.21. The predicted molar refractivity (Wildman–Crippen MR) is 50.7 cm³/mol. The zero-order chi connectivity index (χ0) is 8.97. The molecule has 1 aromatic heterocycles. The first-order valence-electron chi connectivity index (χ1n) is 4.14. The fourth-order valence-electron chi connectivity index (χ4n) is 1.05. The molecule has 0 atom stereocenters. The second-order valence-electron chi connectivity index (χ2n) is 3.28. The third-order valence-corrected chi connectivity index (χ3v) is 1.61. The predicted octanol–water partition coefficient (Wildman–Crippen LogP) is 2.26. The summed E-state index contributed by atoms with van der Waals surface area (Å²) in [5, 5.41) is 0.